The number of carbonyl (C=O) groups excluding carboxylic acids is 2. The van der Waals surface area contributed by atoms with E-state index in [-0.39, 0.29) is 18.0 Å². The first-order chi connectivity index (χ1) is 14.6. The largest absolute Gasteiger partial charge is 0.444 e. The van der Waals surface area contributed by atoms with E-state index in [4.69, 9.17) is 4.74 Å². The van der Waals surface area contributed by atoms with Gasteiger partial charge in [-0.2, -0.15) is 0 Å². The topological polar surface area (TPSA) is 95.4 Å². The lowest BCUT2D eigenvalue weighted by atomic mass is 10.1. The first-order valence-electron chi connectivity index (χ1n) is 10.6. The summed E-state index contributed by atoms with van der Waals surface area (Å²) in [5.41, 5.74) is 2.81. The summed E-state index contributed by atoms with van der Waals surface area (Å²) < 4.78 is 5.43. The number of carbonyl (C=O) groups is 2. The van der Waals surface area contributed by atoms with Crippen LogP contribution in [0.4, 0.5) is 10.5 Å². The fraction of sp³-hybridized carbons (Fsp3) is 0.478. The Morgan fingerprint density at radius 3 is 2.55 bits per heavy atom. The normalized spacial score (nSPS) is 20.4. The standard InChI is InChI=1S/C23H31N5O3/c1-6-24-18-8-7-16(13-15(18)2)14-19-20(29)27-21(26-19)25-17-9-11-28(12-10-17)22(30)31-23(3,4)5/h6-8,13-14,17H,9-12H2,1-5H3,(H2,25,26,27,29)/b19-14-,24-6?. The van der Waals surface area contributed by atoms with Crippen molar-refractivity contribution < 1.29 is 14.3 Å². The van der Waals surface area contributed by atoms with Gasteiger partial charge in [0.15, 0.2) is 0 Å². The lowest BCUT2D eigenvalue weighted by molar-refractivity contribution is -0.115. The average molecular weight is 426 g/mol. The molecule has 31 heavy (non-hydrogen) atoms. The molecule has 0 aliphatic carbocycles. The molecule has 8 heteroatoms. The number of hydrogen-bond acceptors (Lipinski definition) is 5. The molecule has 2 aliphatic rings. The first-order valence-corrected chi connectivity index (χ1v) is 10.6. The van der Waals surface area contributed by atoms with Gasteiger partial charge in [0.05, 0.1) is 11.7 Å². The molecule has 1 aromatic carbocycles. The zero-order chi connectivity index (χ0) is 22.6. The van der Waals surface area contributed by atoms with Crippen molar-refractivity contribution >= 4 is 35.9 Å². The van der Waals surface area contributed by atoms with Gasteiger partial charge in [0, 0.05) is 19.3 Å². The quantitative estimate of drug-likeness (QED) is 0.572. The first kappa shape index (κ1) is 22.5. The highest BCUT2D eigenvalue weighted by atomic mass is 16.6. The van der Waals surface area contributed by atoms with Crippen LogP contribution < -0.4 is 10.6 Å². The Bertz CT molecular complexity index is 935. The molecule has 0 atom stereocenters. The molecule has 2 N–H and O–H groups in total. The van der Waals surface area contributed by atoms with Crippen LogP contribution in [0.15, 0.2) is 33.9 Å². The van der Waals surface area contributed by atoms with Gasteiger partial charge in [-0.05, 0) is 76.8 Å². The van der Waals surface area contributed by atoms with Crippen molar-refractivity contribution in [1.82, 2.24) is 15.5 Å². The maximum atomic E-state index is 12.3. The third kappa shape index (κ3) is 6.16. The van der Waals surface area contributed by atoms with Crippen LogP contribution in [0, 0.1) is 6.92 Å². The number of guanidine groups is 1. The minimum absolute atomic E-state index is 0.0364. The predicted octanol–water partition coefficient (Wildman–Crippen LogP) is 3.53. The van der Waals surface area contributed by atoms with E-state index in [1.54, 1.807) is 17.2 Å². The van der Waals surface area contributed by atoms with Crippen LogP contribution in [0.1, 0.15) is 51.7 Å². The molecule has 0 radical (unpaired) electrons. The molecule has 0 bridgehead atoms. The van der Waals surface area contributed by atoms with Crippen molar-refractivity contribution in [2.45, 2.75) is 59.1 Å². The Morgan fingerprint density at radius 2 is 1.94 bits per heavy atom. The summed E-state index contributed by atoms with van der Waals surface area (Å²) in [7, 11) is 0. The lowest BCUT2D eigenvalue weighted by Gasteiger charge is -2.32. The van der Waals surface area contributed by atoms with Crippen molar-refractivity contribution in [2.24, 2.45) is 9.98 Å². The molecule has 2 aliphatic heterocycles. The fourth-order valence-electron chi connectivity index (χ4n) is 3.46. The molecule has 0 saturated carbocycles. The molecule has 166 valence electrons. The third-order valence-corrected chi connectivity index (χ3v) is 4.96. The number of piperidine rings is 1. The summed E-state index contributed by atoms with van der Waals surface area (Å²) in [6, 6.07) is 5.89. The van der Waals surface area contributed by atoms with Crippen LogP contribution in [-0.2, 0) is 9.53 Å². The minimum Gasteiger partial charge on any atom is -0.444 e. The summed E-state index contributed by atoms with van der Waals surface area (Å²) >= 11 is 0. The maximum Gasteiger partial charge on any atom is 0.410 e. The highest BCUT2D eigenvalue weighted by Crippen LogP contribution is 2.21. The molecule has 2 heterocycles. The van der Waals surface area contributed by atoms with E-state index in [2.05, 4.69) is 20.6 Å². The van der Waals surface area contributed by atoms with E-state index >= 15 is 0 Å². The smallest absolute Gasteiger partial charge is 0.410 e. The molecule has 8 nitrogen and oxygen atoms in total. The van der Waals surface area contributed by atoms with Gasteiger partial charge in [-0.1, -0.05) is 6.07 Å². The summed E-state index contributed by atoms with van der Waals surface area (Å²) in [4.78, 5) is 35.2. The average Bonchev–Trinajstić information content (AvgIpc) is 3.02. The monoisotopic (exact) mass is 425 g/mol. The van der Waals surface area contributed by atoms with E-state index in [1.807, 2.05) is 52.8 Å². The van der Waals surface area contributed by atoms with E-state index in [0.717, 1.165) is 29.7 Å². The summed E-state index contributed by atoms with van der Waals surface area (Å²) in [6.45, 7) is 10.6. The number of nitrogens with one attached hydrogen (secondary N) is 2. The summed E-state index contributed by atoms with van der Waals surface area (Å²) in [5.74, 6) is 0.245. The van der Waals surface area contributed by atoms with Gasteiger partial charge in [-0.15, -0.1) is 0 Å². The molecule has 2 amide bonds. The zero-order valence-corrected chi connectivity index (χ0v) is 18.9. The maximum absolute atomic E-state index is 12.3. The number of benzene rings is 1. The van der Waals surface area contributed by atoms with Crippen LogP contribution in [0.25, 0.3) is 6.08 Å². The van der Waals surface area contributed by atoms with E-state index in [1.165, 1.54) is 0 Å². The minimum atomic E-state index is -0.503. The van der Waals surface area contributed by atoms with Crippen molar-refractivity contribution in [1.29, 1.82) is 0 Å². The van der Waals surface area contributed by atoms with Gasteiger partial charge in [-0.25, -0.2) is 9.79 Å². The van der Waals surface area contributed by atoms with Crippen LogP contribution in [-0.4, -0.2) is 53.8 Å². The number of amides is 2. The highest BCUT2D eigenvalue weighted by Gasteiger charge is 2.28. The molecule has 3 rings (SSSR count). The SMILES string of the molecule is CC=Nc1ccc(/C=C2\NC(=NC3CCN(C(=O)OC(C)(C)C)CC3)NC2=O)cc1C. The van der Waals surface area contributed by atoms with Gasteiger partial charge < -0.3 is 15.0 Å². The molecular formula is C23H31N5O3. The Hall–Kier alpha value is -3.16. The fourth-order valence-corrected chi connectivity index (χ4v) is 3.46. The van der Waals surface area contributed by atoms with Gasteiger partial charge in [0.25, 0.3) is 5.91 Å². The number of likely N-dealkylation sites (tertiary alicyclic amines) is 1. The second-order valence-electron chi connectivity index (χ2n) is 8.75. The van der Waals surface area contributed by atoms with Gasteiger partial charge >= 0.3 is 6.09 Å². The molecule has 1 aromatic rings. The number of rotatable bonds is 3. The Kier molecular flexibility index (Phi) is 6.77. The van der Waals surface area contributed by atoms with Crippen molar-refractivity contribution in [3.63, 3.8) is 0 Å². The highest BCUT2D eigenvalue weighted by molar-refractivity contribution is 6.15. The van der Waals surface area contributed by atoms with Gasteiger partial charge in [0.2, 0.25) is 5.96 Å². The van der Waals surface area contributed by atoms with Gasteiger partial charge in [0.1, 0.15) is 11.3 Å². The van der Waals surface area contributed by atoms with E-state index in [0.29, 0.717) is 24.7 Å². The molecule has 0 aromatic heterocycles. The zero-order valence-electron chi connectivity index (χ0n) is 18.9. The third-order valence-electron chi connectivity index (χ3n) is 4.96. The molecular weight excluding hydrogens is 394 g/mol. The van der Waals surface area contributed by atoms with E-state index < -0.39 is 5.60 Å². The van der Waals surface area contributed by atoms with Crippen molar-refractivity contribution in [3.8, 4) is 0 Å². The van der Waals surface area contributed by atoms with Crippen LogP contribution >= 0.6 is 0 Å². The van der Waals surface area contributed by atoms with Crippen molar-refractivity contribution in [2.75, 3.05) is 13.1 Å². The molecule has 0 unspecified atom stereocenters. The Balaban J connectivity index is 1.60. The van der Waals surface area contributed by atoms with Crippen LogP contribution in [0.5, 0.6) is 0 Å². The molecule has 2 saturated heterocycles. The van der Waals surface area contributed by atoms with Crippen LogP contribution in [0.2, 0.25) is 0 Å². The second-order valence-corrected chi connectivity index (χ2v) is 8.75. The Labute approximate surface area is 183 Å². The molecule has 2 fully saturated rings. The number of aryl methyl sites for hydroxylation is 1. The van der Waals surface area contributed by atoms with Crippen molar-refractivity contribution in [3.05, 3.63) is 35.0 Å². The number of ether oxygens (including phenoxy) is 1. The summed E-state index contributed by atoms with van der Waals surface area (Å²) in [6.07, 6.45) is 4.71. The number of aliphatic imine (C=N–C) groups is 2. The van der Waals surface area contributed by atoms with E-state index in [9.17, 15) is 9.59 Å². The summed E-state index contributed by atoms with van der Waals surface area (Å²) in [5, 5.41) is 5.86. The second kappa shape index (κ2) is 9.32. The number of hydrogen-bond donors (Lipinski definition) is 2. The van der Waals surface area contributed by atoms with Gasteiger partial charge in [-0.3, -0.25) is 15.1 Å². The molecule has 0 spiro atoms. The number of nitrogens with zero attached hydrogens (tertiary/aromatic N) is 3. The Morgan fingerprint density at radius 1 is 1.23 bits per heavy atom. The van der Waals surface area contributed by atoms with Crippen LogP contribution in [0.3, 0.4) is 0 Å². The lowest BCUT2D eigenvalue weighted by Crippen LogP contribution is -2.43. The predicted molar refractivity (Wildman–Crippen MR) is 123 cm³/mol.